The molecule has 1 N–H and O–H groups in total. The minimum atomic E-state index is -0.795. The lowest BCUT2D eigenvalue weighted by atomic mass is 9.93. The highest BCUT2D eigenvalue weighted by molar-refractivity contribution is 5.70. The monoisotopic (exact) mass is 420 g/mol. The maximum atomic E-state index is 11.8. The largest absolute Gasteiger partial charge is 0.497 e. The molecule has 0 radical (unpaired) electrons. The molecule has 3 aromatic rings. The summed E-state index contributed by atoms with van der Waals surface area (Å²) in [6.45, 7) is 0.441. The molecule has 0 heterocycles. The van der Waals surface area contributed by atoms with Crippen LogP contribution in [0.15, 0.2) is 72.8 Å². The molecule has 3 aromatic carbocycles. The molecule has 0 saturated carbocycles. The van der Waals surface area contributed by atoms with Gasteiger partial charge in [0.25, 0.3) is 0 Å². The van der Waals surface area contributed by atoms with Gasteiger partial charge in [0.15, 0.2) is 11.5 Å². The third kappa shape index (κ3) is 6.51. The lowest BCUT2D eigenvalue weighted by molar-refractivity contribution is -0.141. The molecule has 0 spiro atoms. The van der Waals surface area contributed by atoms with Gasteiger partial charge in [-0.3, -0.25) is 4.79 Å². The molecule has 162 valence electrons. The smallest absolute Gasteiger partial charge is 0.306 e. The van der Waals surface area contributed by atoms with E-state index in [9.17, 15) is 9.90 Å². The van der Waals surface area contributed by atoms with Crippen LogP contribution in [0.5, 0.6) is 17.2 Å². The van der Waals surface area contributed by atoms with Gasteiger partial charge in [0, 0.05) is 0 Å². The summed E-state index contributed by atoms with van der Waals surface area (Å²) in [7, 11) is 3.22. The summed E-state index contributed by atoms with van der Waals surface area (Å²) in [6.07, 6.45) is 1.67. The molecule has 0 aliphatic rings. The Morgan fingerprint density at radius 3 is 2.19 bits per heavy atom. The molecule has 0 bridgehead atoms. The topological polar surface area (TPSA) is 65.0 Å². The summed E-state index contributed by atoms with van der Waals surface area (Å²) >= 11 is 0. The lowest BCUT2D eigenvalue weighted by Gasteiger charge is -2.15. The van der Waals surface area contributed by atoms with Gasteiger partial charge in [-0.25, -0.2) is 0 Å². The van der Waals surface area contributed by atoms with Gasteiger partial charge in [0.05, 0.1) is 20.1 Å². The van der Waals surface area contributed by atoms with E-state index in [1.165, 1.54) is 0 Å². The van der Waals surface area contributed by atoms with Crippen molar-refractivity contribution in [2.75, 3.05) is 14.2 Å². The summed E-state index contributed by atoms with van der Waals surface area (Å²) in [5, 5.41) is 9.71. The predicted octanol–water partition coefficient (Wildman–Crippen LogP) is 5.16. The second kappa shape index (κ2) is 11.1. The fourth-order valence-electron chi connectivity index (χ4n) is 3.42. The molecule has 0 aliphatic heterocycles. The molecule has 31 heavy (non-hydrogen) atoms. The van der Waals surface area contributed by atoms with Crippen LogP contribution < -0.4 is 14.2 Å². The molecular formula is C26H28O5. The van der Waals surface area contributed by atoms with Crippen LogP contribution in [0.2, 0.25) is 0 Å². The van der Waals surface area contributed by atoms with Crippen molar-refractivity contribution < 1.29 is 24.1 Å². The van der Waals surface area contributed by atoms with Crippen LogP contribution in [0.1, 0.15) is 23.1 Å². The van der Waals surface area contributed by atoms with Crippen molar-refractivity contribution in [2.24, 2.45) is 5.92 Å². The van der Waals surface area contributed by atoms with Gasteiger partial charge in [-0.05, 0) is 60.2 Å². The first-order valence-corrected chi connectivity index (χ1v) is 10.3. The SMILES string of the molecule is COc1ccc(CCC(Cc2ccc(OCc3ccccc3)c(OC)c2)C(=O)O)cc1. The summed E-state index contributed by atoms with van der Waals surface area (Å²) in [5.74, 6) is 0.757. The maximum absolute atomic E-state index is 11.8. The highest BCUT2D eigenvalue weighted by Crippen LogP contribution is 2.30. The highest BCUT2D eigenvalue weighted by Gasteiger charge is 2.19. The van der Waals surface area contributed by atoms with Crippen molar-refractivity contribution >= 4 is 5.97 Å². The van der Waals surface area contributed by atoms with Gasteiger partial charge < -0.3 is 19.3 Å². The summed E-state index contributed by atoms with van der Waals surface area (Å²) in [6, 6.07) is 23.3. The van der Waals surface area contributed by atoms with Crippen LogP contribution in [-0.4, -0.2) is 25.3 Å². The Morgan fingerprint density at radius 2 is 1.55 bits per heavy atom. The first-order chi connectivity index (χ1) is 15.1. The van der Waals surface area contributed by atoms with E-state index in [1.807, 2.05) is 72.8 Å². The van der Waals surface area contributed by atoms with E-state index in [1.54, 1.807) is 14.2 Å². The third-order valence-corrected chi connectivity index (χ3v) is 5.24. The minimum absolute atomic E-state index is 0.431. The van der Waals surface area contributed by atoms with Gasteiger partial charge >= 0.3 is 5.97 Å². The molecule has 1 unspecified atom stereocenters. The number of rotatable bonds is 11. The number of hydrogen-bond donors (Lipinski definition) is 1. The Hall–Kier alpha value is -3.47. The van der Waals surface area contributed by atoms with E-state index >= 15 is 0 Å². The van der Waals surface area contributed by atoms with Crippen LogP contribution in [0.3, 0.4) is 0 Å². The van der Waals surface area contributed by atoms with Crippen LogP contribution >= 0.6 is 0 Å². The van der Waals surface area contributed by atoms with Gasteiger partial charge in [0.2, 0.25) is 0 Å². The average Bonchev–Trinajstić information content (AvgIpc) is 2.81. The van der Waals surface area contributed by atoms with E-state index in [2.05, 4.69) is 0 Å². The molecule has 0 fully saturated rings. The molecule has 0 saturated heterocycles. The van der Waals surface area contributed by atoms with Crippen LogP contribution in [-0.2, 0) is 24.2 Å². The van der Waals surface area contributed by atoms with E-state index in [-0.39, 0.29) is 0 Å². The van der Waals surface area contributed by atoms with Crippen molar-refractivity contribution in [3.63, 3.8) is 0 Å². The third-order valence-electron chi connectivity index (χ3n) is 5.24. The molecular weight excluding hydrogens is 392 g/mol. The Balaban J connectivity index is 1.63. The summed E-state index contributed by atoms with van der Waals surface area (Å²) in [5.41, 5.74) is 3.07. The fraction of sp³-hybridized carbons (Fsp3) is 0.269. The average molecular weight is 421 g/mol. The number of carboxylic acids is 1. The number of hydrogen-bond acceptors (Lipinski definition) is 4. The molecule has 5 heteroatoms. The molecule has 1 atom stereocenters. The first-order valence-electron chi connectivity index (χ1n) is 10.3. The standard InChI is InChI=1S/C26H28O5/c1-29-23-13-9-19(10-14-23)8-12-22(26(27)28)16-21-11-15-24(25(17-21)30-2)31-18-20-6-4-3-5-7-20/h3-7,9-11,13-15,17,22H,8,12,16,18H2,1-2H3,(H,27,28). The molecule has 0 amide bonds. The van der Waals surface area contributed by atoms with Gasteiger partial charge in [-0.2, -0.15) is 0 Å². The Kier molecular flexibility index (Phi) is 7.93. The normalized spacial score (nSPS) is 11.5. The van der Waals surface area contributed by atoms with Crippen molar-refractivity contribution in [1.29, 1.82) is 0 Å². The quantitative estimate of drug-likeness (QED) is 0.464. The number of aliphatic carboxylic acids is 1. The van der Waals surface area contributed by atoms with Gasteiger partial charge in [0.1, 0.15) is 12.4 Å². The van der Waals surface area contributed by atoms with Crippen LogP contribution in [0.25, 0.3) is 0 Å². The number of ether oxygens (including phenoxy) is 3. The van der Waals surface area contributed by atoms with E-state index < -0.39 is 11.9 Å². The second-order valence-corrected chi connectivity index (χ2v) is 7.39. The zero-order valence-corrected chi connectivity index (χ0v) is 17.9. The number of carbonyl (C=O) groups is 1. The zero-order valence-electron chi connectivity index (χ0n) is 17.9. The fourth-order valence-corrected chi connectivity index (χ4v) is 3.42. The number of methoxy groups -OCH3 is 2. The Morgan fingerprint density at radius 1 is 0.839 bits per heavy atom. The second-order valence-electron chi connectivity index (χ2n) is 7.39. The molecule has 0 aliphatic carbocycles. The number of aryl methyl sites for hydroxylation is 1. The molecule has 5 nitrogen and oxygen atoms in total. The lowest BCUT2D eigenvalue weighted by Crippen LogP contribution is -2.17. The van der Waals surface area contributed by atoms with E-state index in [4.69, 9.17) is 14.2 Å². The van der Waals surface area contributed by atoms with E-state index in [0.717, 1.165) is 22.4 Å². The van der Waals surface area contributed by atoms with Gasteiger partial charge in [-0.15, -0.1) is 0 Å². The minimum Gasteiger partial charge on any atom is -0.497 e. The molecule has 3 rings (SSSR count). The van der Waals surface area contributed by atoms with Gasteiger partial charge in [-0.1, -0.05) is 48.5 Å². The van der Waals surface area contributed by atoms with Crippen molar-refractivity contribution in [1.82, 2.24) is 0 Å². The van der Waals surface area contributed by atoms with Crippen molar-refractivity contribution in [3.8, 4) is 17.2 Å². The number of carboxylic acid groups (broad SMARTS) is 1. The van der Waals surface area contributed by atoms with Crippen molar-refractivity contribution in [3.05, 3.63) is 89.5 Å². The zero-order chi connectivity index (χ0) is 22.1. The van der Waals surface area contributed by atoms with Crippen LogP contribution in [0.4, 0.5) is 0 Å². The predicted molar refractivity (Wildman–Crippen MR) is 120 cm³/mol. The van der Waals surface area contributed by atoms with Crippen molar-refractivity contribution in [2.45, 2.75) is 25.9 Å². The summed E-state index contributed by atoms with van der Waals surface area (Å²) in [4.78, 5) is 11.8. The first kappa shape index (κ1) is 22.2. The van der Waals surface area contributed by atoms with E-state index in [0.29, 0.717) is 37.4 Å². The highest BCUT2D eigenvalue weighted by atomic mass is 16.5. The molecule has 0 aromatic heterocycles. The van der Waals surface area contributed by atoms with Crippen LogP contribution in [0, 0.1) is 5.92 Å². The summed E-state index contributed by atoms with van der Waals surface area (Å²) < 4.78 is 16.5. The Bertz CT molecular complexity index is 967. The maximum Gasteiger partial charge on any atom is 0.306 e. The Labute approximate surface area is 183 Å². The number of benzene rings is 3.